The number of oxazole rings is 1. The monoisotopic (exact) mass is 243 g/mol. The van der Waals surface area contributed by atoms with Crippen molar-refractivity contribution in [2.45, 2.75) is 20.4 Å². The molecule has 18 heavy (non-hydrogen) atoms. The third-order valence-corrected chi connectivity index (χ3v) is 3.09. The first-order chi connectivity index (χ1) is 8.72. The molecule has 5 nitrogen and oxygen atoms in total. The molecule has 0 fully saturated rings. The number of benzene rings is 1. The molecule has 2 heterocycles. The number of aryl methyl sites for hydroxylation is 1. The van der Waals surface area contributed by atoms with Crippen molar-refractivity contribution in [3.05, 3.63) is 36.0 Å². The summed E-state index contributed by atoms with van der Waals surface area (Å²) in [6.45, 7) is 4.95. The first kappa shape index (κ1) is 10.8. The number of fused-ring (bicyclic) bond motifs is 1. The summed E-state index contributed by atoms with van der Waals surface area (Å²) in [5.41, 5.74) is 9.24. The van der Waals surface area contributed by atoms with Crippen LogP contribution in [0, 0.1) is 6.92 Å². The molecule has 2 aromatic heterocycles. The summed E-state index contributed by atoms with van der Waals surface area (Å²) in [6.07, 6.45) is 0. The Morgan fingerprint density at radius 2 is 2.06 bits per heavy atom. The van der Waals surface area contributed by atoms with Crippen LogP contribution in [0.5, 0.6) is 0 Å². The second-order valence-corrected chi connectivity index (χ2v) is 4.15. The summed E-state index contributed by atoms with van der Waals surface area (Å²) >= 11 is 0. The molecule has 1 aromatic carbocycles. The minimum Gasteiger partial charge on any atom is -0.401 e. The predicted molar refractivity (Wildman–Crippen MR) is 68.4 cm³/mol. The van der Waals surface area contributed by atoms with Crippen molar-refractivity contribution < 1.29 is 9.10 Å². The average molecular weight is 243 g/mol. The van der Waals surface area contributed by atoms with Crippen molar-refractivity contribution in [3.8, 4) is 5.69 Å². The molecule has 0 aliphatic heterocycles. The van der Waals surface area contributed by atoms with E-state index in [9.17, 15) is 0 Å². The molecule has 3 rings (SSSR count). The van der Waals surface area contributed by atoms with Crippen LogP contribution in [0.3, 0.4) is 0 Å². The number of nitrogens with zero attached hydrogens (tertiary/aromatic N) is 3. The zero-order chi connectivity index (χ0) is 12.7. The fourth-order valence-electron chi connectivity index (χ4n) is 2.29. The number of hydrogen-bond acceptors (Lipinski definition) is 3. The summed E-state index contributed by atoms with van der Waals surface area (Å²) in [6, 6.07) is 10.2. The van der Waals surface area contributed by atoms with Gasteiger partial charge in [-0.25, -0.2) is 0 Å². The molecule has 92 valence electrons. The lowest BCUT2D eigenvalue weighted by atomic mass is 10.3. The van der Waals surface area contributed by atoms with Gasteiger partial charge in [-0.3, -0.25) is 0 Å². The minimum absolute atomic E-state index is 0.205. The molecule has 0 spiro atoms. The van der Waals surface area contributed by atoms with Crippen LogP contribution in [-0.2, 0) is 6.54 Å². The first-order valence-corrected chi connectivity index (χ1v) is 5.95. The summed E-state index contributed by atoms with van der Waals surface area (Å²) in [4.78, 5) is 4.24. The molecule has 0 aliphatic rings. The van der Waals surface area contributed by atoms with E-state index >= 15 is 0 Å². The Labute approximate surface area is 104 Å². The molecule has 5 heteroatoms. The van der Waals surface area contributed by atoms with Gasteiger partial charge in [-0.2, -0.15) is 4.98 Å². The van der Waals surface area contributed by atoms with Crippen molar-refractivity contribution in [3.63, 3.8) is 0 Å². The molecule has 0 bridgehead atoms. The van der Waals surface area contributed by atoms with Crippen LogP contribution in [0.25, 0.3) is 16.9 Å². The standard InChI is InChI=1S/C13H15N4O/c1-3-16-9(2)11-12(18-13(14)15-11)17(16)10-7-5-4-6-8-10/h4-8H,3H2,1-2H3,(H2,14,15)/q+1. The van der Waals surface area contributed by atoms with Gasteiger partial charge in [0, 0.05) is 6.92 Å². The van der Waals surface area contributed by atoms with Crippen LogP contribution >= 0.6 is 0 Å². The quantitative estimate of drug-likeness (QED) is 0.698. The molecular weight excluding hydrogens is 228 g/mol. The normalized spacial score (nSPS) is 11.2. The van der Waals surface area contributed by atoms with E-state index in [4.69, 9.17) is 10.2 Å². The molecule has 0 unspecified atom stereocenters. The number of nitrogens with two attached hydrogens (primary N) is 1. The van der Waals surface area contributed by atoms with E-state index in [0.29, 0.717) is 5.71 Å². The summed E-state index contributed by atoms with van der Waals surface area (Å²) in [5, 5.41) is 0. The van der Waals surface area contributed by atoms with E-state index in [1.165, 1.54) is 0 Å². The molecule has 0 aliphatic carbocycles. The Kier molecular flexibility index (Phi) is 2.33. The Bertz CT molecular complexity index is 697. The van der Waals surface area contributed by atoms with E-state index < -0.39 is 0 Å². The Morgan fingerprint density at radius 1 is 1.33 bits per heavy atom. The summed E-state index contributed by atoms with van der Waals surface area (Å²) < 4.78 is 9.65. The lowest BCUT2D eigenvalue weighted by Crippen LogP contribution is -2.43. The molecule has 0 atom stereocenters. The van der Waals surface area contributed by atoms with Crippen LogP contribution in [0.1, 0.15) is 12.6 Å². The van der Waals surface area contributed by atoms with E-state index in [-0.39, 0.29) is 6.01 Å². The molecular formula is C13H15N4O+. The van der Waals surface area contributed by atoms with Crippen LogP contribution in [0.2, 0.25) is 0 Å². The Balaban J connectivity index is 2.39. The van der Waals surface area contributed by atoms with Gasteiger partial charge in [-0.1, -0.05) is 22.9 Å². The summed E-state index contributed by atoms with van der Waals surface area (Å²) in [5.74, 6) is 0. The fourth-order valence-corrected chi connectivity index (χ4v) is 2.29. The van der Waals surface area contributed by atoms with Crippen molar-refractivity contribution in [2.24, 2.45) is 0 Å². The molecule has 0 radical (unpaired) electrons. The fraction of sp³-hybridized carbons (Fsp3) is 0.231. The highest BCUT2D eigenvalue weighted by atomic mass is 16.4. The van der Waals surface area contributed by atoms with Crippen molar-refractivity contribution in [2.75, 3.05) is 5.73 Å². The van der Waals surface area contributed by atoms with Crippen molar-refractivity contribution in [1.29, 1.82) is 0 Å². The van der Waals surface area contributed by atoms with Gasteiger partial charge in [0.05, 0.1) is 0 Å². The average Bonchev–Trinajstić information content (AvgIpc) is 2.87. The summed E-state index contributed by atoms with van der Waals surface area (Å²) in [7, 11) is 0. The van der Waals surface area contributed by atoms with E-state index in [2.05, 4.69) is 16.6 Å². The smallest absolute Gasteiger partial charge is 0.294 e. The number of hydrogen-bond donors (Lipinski definition) is 1. The molecule has 3 aromatic rings. The second-order valence-electron chi connectivity index (χ2n) is 4.15. The number of rotatable bonds is 2. The first-order valence-electron chi connectivity index (χ1n) is 5.95. The lowest BCUT2D eigenvalue weighted by Gasteiger charge is -2.01. The van der Waals surface area contributed by atoms with Gasteiger partial charge in [0.2, 0.25) is 11.2 Å². The third kappa shape index (κ3) is 1.40. The Hall–Kier alpha value is -2.30. The molecule has 0 saturated heterocycles. The van der Waals surface area contributed by atoms with Crippen LogP contribution in [0.15, 0.2) is 34.7 Å². The van der Waals surface area contributed by atoms with Crippen molar-refractivity contribution in [1.82, 2.24) is 9.67 Å². The topological polar surface area (TPSA) is 60.9 Å². The molecule has 2 N–H and O–H groups in total. The van der Waals surface area contributed by atoms with E-state index in [1.807, 2.05) is 41.9 Å². The predicted octanol–water partition coefficient (Wildman–Crippen LogP) is 1.82. The van der Waals surface area contributed by atoms with Crippen LogP contribution in [-0.4, -0.2) is 9.67 Å². The third-order valence-electron chi connectivity index (χ3n) is 3.09. The zero-order valence-electron chi connectivity index (χ0n) is 10.4. The highest BCUT2D eigenvalue weighted by Crippen LogP contribution is 2.22. The SMILES string of the molecule is CC[n+]1c(C)c2nc(N)oc2n1-c1ccccc1. The highest BCUT2D eigenvalue weighted by molar-refractivity contribution is 5.73. The maximum atomic E-state index is 5.64. The van der Waals surface area contributed by atoms with Gasteiger partial charge < -0.3 is 10.2 Å². The van der Waals surface area contributed by atoms with Crippen LogP contribution in [0.4, 0.5) is 6.01 Å². The Morgan fingerprint density at radius 3 is 2.72 bits per heavy atom. The molecule has 0 amide bonds. The van der Waals surface area contributed by atoms with Gasteiger partial charge in [-0.15, -0.1) is 4.68 Å². The van der Waals surface area contributed by atoms with Gasteiger partial charge in [0.1, 0.15) is 5.69 Å². The van der Waals surface area contributed by atoms with Gasteiger partial charge in [0.15, 0.2) is 6.54 Å². The number of nitrogen functional groups attached to an aromatic ring is 1. The minimum atomic E-state index is 0.205. The number of para-hydroxylation sites is 1. The van der Waals surface area contributed by atoms with Gasteiger partial charge in [0.25, 0.3) is 11.7 Å². The van der Waals surface area contributed by atoms with E-state index in [1.54, 1.807) is 0 Å². The van der Waals surface area contributed by atoms with Crippen LogP contribution < -0.4 is 10.4 Å². The maximum Gasteiger partial charge on any atom is 0.294 e. The second kappa shape index (κ2) is 3.87. The largest absolute Gasteiger partial charge is 0.401 e. The number of aromatic nitrogens is 3. The highest BCUT2D eigenvalue weighted by Gasteiger charge is 2.26. The van der Waals surface area contributed by atoms with Gasteiger partial charge in [-0.05, 0) is 19.1 Å². The lowest BCUT2D eigenvalue weighted by molar-refractivity contribution is -0.767. The number of anilines is 1. The van der Waals surface area contributed by atoms with Crippen molar-refractivity contribution >= 4 is 17.2 Å². The molecule has 0 saturated carbocycles. The zero-order valence-corrected chi connectivity index (χ0v) is 10.4. The maximum absolute atomic E-state index is 5.64. The van der Waals surface area contributed by atoms with Gasteiger partial charge >= 0.3 is 0 Å². The van der Waals surface area contributed by atoms with E-state index in [0.717, 1.165) is 23.4 Å².